The predicted octanol–water partition coefficient (Wildman–Crippen LogP) is 3.21. The third-order valence-electron chi connectivity index (χ3n) is 5.32. The molecule has 0 unspecified atom stereocenters. The number of piperidine rings is 1. The van der Waals surface area contributed by atoms with Crippen LogP contribution in [-0.4, -0.2) is 78.8 Å². The van der Waals surface area contributed by atoms with Crippen LogP contribution in [0.1, 0.15) is 39.2 Å². The van der Waals surface area contributed by atoms with Crippen molar-refractivity contribution < 1.29 is 14.3 Å². The molecule has 6 nitrogen and oxygen atoms in total. The van der Waals surface area contributed by atoms with Crippen molar-refractivity contribution in [1.82, 2.24) is 14.7 Å². The van der Waals surface area contributed by atoms with Crippen LogP contribution < -0.4 is 4.74 Å². The summed E-state index contributed by atoms with van der Waals surface area (Å²) in [5.74, 6) is 0.915. The maximum Gasteiger partial charge on any atom is 0.410 e. The van der Waals surface area contributed by atoms with E-state index in [4.69, 9.17) is 9.47 Å². The second kappa shape index (κ2) is 9.14. The van der Waals surface area contributed by atoms with E-state index in [0.717, 1.165) is 51.3 Å². The van der Waals surface area contributed by atoms with Gasteiger partial charge >= 0.3 is 6.09 Å². The van der Waals surface area contributed by atoms with Crippen LogP contribution in [0.5, 0.6) is 5.75 Å². The Labute approximate surface area is 169 Å². The van der Waals surface area contributed by atoms with Gasteiger partial charge in [-0.15, -0.1) is 0 Å². The molecule has 156 valence electrons. The summed E-state index contributed by atoms with van der Waals surface area (Å²) in [6.45, 7) is 12.6. The summed E-state index contributed by atoms with van der Waals surface area (Å²) < 4.78 is 11.6. The van der Waals surface area contributed by atoms with Crippen molar-refractivity contribution in [3.05, 3.63) is 29.8 Å². The van der Waals surface area contributed by atoms with Crippen LogP contribution in [0.25, 0.3) is 0 Å². The zero-order valence-electron chi connectivity index (χ0n) is 17.8. The SMILES string of the molecule is CN1CCN(Cc2ccc(OC3CCN(C(=O)OC(C)(C)C)CC3)cc2)CC1. The quantitative estimate of drug-likeness (QED) is 0.791. The summed E-state index contributed by atoms with van der Waals surface area (Å²) >= 11 is 0. The smallest absolute Gasteiger partial charge is 0.410 e. The molecule has 0 radical (unpaired) electrons. The molecule has 0 atom stereocenters. The second-order valence-electron chi connectivity index (χ2n) is 9.01. The molecular formula is C22H35N3O3. The molecule has 0 aliphatic carbocycles. The van der Waals surface area contributed by atoms with E-state index < -0.39 is 5.60 Å². The number of carbonyl (C=O) groups excluding carboxylic acids is 1. The van der Waals surface area contributed by atoms with Gasteiger partial charge in [-0.05, 0) is 45.5 Å². The Balaban J connectivity index is 1.42. The highest BCUT2D eigenvalue weighted by atomic mass is 16.6. The van der Waals surface area contributed by atoms with Crippen LogP contribution in [0.2, 0.25) is 0 Å². The van der Waals surface area contributed by atoms with Crippen LogP contribution in [0.4, 0.5) is 4.79 Å². The third-order valence-corrected chi connectivity index (χ3v) is 5.32. The Morgan fingerprint density at radius 3 is 2.18 bits per heavy atom. The van der Waals surface area contributed by atoms with Crippen molar-refractivity contribution in [3.8, 4) is 5.75 Å². The number of rotatable bonds is 4. The topological polar surface area (TPSA) is 45.2 Å². The second-order valence-corrected chi connectivity index (χ2v) is 9.01. The lowest BCUT2D eigenvalue weighted by Gasteiger charge is -2.33. The molecule has 3 rings (SSSR count). The largest absolute Gasteiger partial charge is 0.490 e. The fourth-order valence-electron chi connectivity index (χ4n) is 3.61. The summed E-state index contributed by atoms with van der Waals surface area (Å²) in [6, 6.07) is 8.49. The molecule has 1 amide bonds. The van der Waals surface area contributed by atoms with Gasteiger partial charge in [-0.25, -0.2) is 4.79 Å². The van der Waals surface area contributed by atoms with Gasteiger partial charge in [-0.2, -0.15) is 0 Å². The van der Waals surface area contributed by atoms with Crippen LogP contribution in [-0.2, 0) is 11.3 Å². The summed E-state index contributed by atoms with van der Waals surface area (Å²) in [4.78, 5) is 18.8. The van der Waals surface area contributed by atoms with Crippen LogP contribution in [0, 0.1) is 0 Å². The molecule has 0 spiro atoms. The number of hydrogen-bond donors (Lipinski definition) is 0. The van der Waals surface area contributed by atoms with E-state index in [9.17, 15) is 4.79 Å². The monoisotopic (exact) mass is 389 g/mol. The van der Waals surface area contributed by atoms with Crippen molar-refractivity contribution in [2.75, 3.05) is 46.3 Å². The van der Waals surface area contributed by atoms with Gasteiger partial charge in [0, 0.05) is 58.7 Å². The third kappa shape index (κ3) is 6.38. The summed E-state index contributed by atoms with van der Waals surface area (Å²) in [6.07, 6.45) is 1.60. The number of nitrogens with zero attached hydrogens (tertiary/aromatic N) is 3. The number of benzene rings is 1. The highest BCUT2D eigenvalue weighted by Crippen LogP contribution is 2.21. The molecule has 0 bridgehead atoms. The molecule has 6 heteroatoms. The van der Waals surface area contributed by atoms with Crippen molar-refractivity contribution in [2.24, 2.45) is 0 Å². The number of likely N-dealkylation sites (tertiary alicyclic amines) is 1. The summed E-state index contributed by atoms with van der Waals surface area (Å²) in [7, 11) is 2.18. The van der Waals surface area contributed by atoms with Gasteiger partial charge in [0.1, 0.15) is 17.5 Å². The molecule has 2 fully saturated rings. The molecular weight excluding hydrogens is 354 g/mol. The highest BCUT2D eigenvalue weighted by Gasteiger charge is 2.27. The average Bonchev–Trinajstić information content (AvgIpc) is 2.64. The van der Waals surface area contributed by atoms with Gasteiger partial charge in [0.25, 0.3) is 0 Å². The number of likely N-dealkylation sites (N-methyl/N-ethyl adjacent to an activating group) is 1. The Morgan fingerprint density at radius 1 is 1.00 bits per heavy atom. The molecule has 0 aromatic heterocycles. The zero-order chi connectivity index (χ0) is 20.1. The standard InChI is InChI=1S/C22H35N3O3/c1-22(2,3)28-21(26)25-11-9-20(10-12-25)27-19-7-5-18(6-8-19)17-24-15-13-23(4)14-16-24/h5-8,20H,9-17H2,1-4H3. The normalized spacial score (nSPS) is 20.2. The zero-order valence-corrected chi connectivity index (χ0v) is 17.8. The number of hydrogen-bond acceptors (Lipinski definition) is 5. The summed E-state index contributed by atoms with van der Waals surface area (Å²) in [5.41, 5.74) is 0.882. The van der Waals surface area contributed by atoms with Gasteiger partial charge in [-0.3, -0.25) is 4.90 Å². The number of amides is 1. The van der Waals surface area contributed by atoms with E-state index in [1.54, 1.807) is 4.90 Å². The molecule has 28 heavy (non-hydrogen) atoms. The van der Waals surface area contributed by atoms with Crippen LogP contribution in [0.15, 0.2) is 24.3 Å². The lowest BCUT2D eigenvalue weighted by molar-refractivity contribution is 0.0126. The molecule has 2 aliphatic heterocycles. The van der Waals surface area contributed by atoms with Gasteiger partial charge in [-0.1, -0.05) is 12.1 Å². The van der Waals surface area contributed by atoms with Crippen LogP contribution in [0.3, 0.4) is 0 Å². The Bertz CT molecular complexity index is 625. The molecule has 0 saturated carbocycles. The maximum atomic E-state index is 12.2. The van der Waals surface area contributed by atoms with E-state index in [1.165, 1.54) is 5.56 Å². The minimum atomic E-state index is -0.448. The van der Waals surface area contributed by atoms with Gasteiger partial charge in [0.15, 0.2) is 0 Å². The van der Waals surface area contributed by atoms with E-state index in [2.05, 4.69) is 41.1 Å². The van der Waals surface area contributed by atoms with E-state index in [0.29, 0.717) is 13.1 Å². The van der Waals surface area contributed by atoms with E-state index >= 15 is 0 Å². The predicted molar refractivity (Wildman–Crippen MR) is 111 cm³/mol. The lowest BCUT2D eigenvalue weighted by Crippen LogP contribution is -2.44. The van der Waals surface area contributed by atoms with Crippen molar-refractivity contribution in [1.29, 1.82) is 0 Å². The number of carbonyl (C=O) groups is 1. The van der Waals surface area contributed by atoms with E-state index in [-0.39, 0.29) is 12.2 Å². The average molecular weight is 390 g/mol. The maximum absolute atomic E-state index is 12.2. The fraction of sp³-hybridized carbons (Fsp3) is 0.682. The number of ether oxygens (including phenoxy) is 2. The Hall–Kier alpha value is -1.79. The minimum Gasteiger partial charge on any atom is -0.490 e. The first-order valence-electron chi connectivity index (χ1n) is 10.4. The molecule has 0 N–H and O–H groups in total. The van der Waals surface area contributed by atoms with E-state index in [1.807, 2.05) is 20.8 Å². The summed E-state index contributed by atoms with van der Waals surface area (Å²) in [5, 5.41) is 0. The Morgan fingerprint density at radius 2 is 1.61 bits per heavy atom. The molecule has 1 aromatic carbocycles. The van der Waals surface area contributed by atoms with Gasteiger partial charge < -0.3 is 19.3 Å². The molecule has 2 aliphatic rings. The van der Waals surface area contributed by atoms with Gasteiger partial charge in [0.2, 0.25) is 0 Å². The van der Waals surface area contributed by atoms with Crippen molar-refractivity contribution in [2.45, 2.75) is 51.9 Å². The first kappa shape index (κ1) is 20.9. The first-order chi connectivity index (χ1) is 13.3. The molecule has 1 aromatic rings. The Kier molecular flexibility index (Phi) is 6.83. The lowest BCUT2D eigenvalue weighted by atomic mass is 10.1. The van der Waals surface area contributed by atoms with Crippen molar-refractivity contribution >= 4 is 6.09 Å². The highest BCUT2D eigenvalue weighted by molar-refractivity contribution is 5.68. The first-order valence-corrected chi connectivity index (χ1v) is 10.4. The van der Waals surface area contributed by atoms with Crippen LogP contribution >= 0.6 is 0 Å². The number of piperazine rings is 1. The fourth-order valence-corrected chi connectivity index (χ4v) is 3.61. The molecule has 2 heterocycles. The van der Waals surface area contributed by atoms with Gasteiger partial charge in [0.05, 0.1) is 0 Å². The minimum absolute atomic E-state index is 0.155. The molecule has 2 saturated heterocycles. The van der Waals surface area contributed by atoms with Crippen molar-refractivity contribution in [3.63, 3.8) is 0 Å².